The predicted molar refractivity (Wildman–Crippen MR) is 96.8 cm³/mol. The maximum absolute atomic E-state index is 13.2. The second-order valence-corrected chi connectivity index (χ2v) is 5.88. The van der Waals surface area contributed by atoms with E-state index in [2.05, 4.69) is 10.6 Å². The van der Waals surface area contributed by atoms with E-state index in [1.165, 1.54) is 12.1 Å². The number of nitrogens with one attached hydrogen (secondary N) is 2. The van der Waals surface area contributed by atoms with Crippen LogP contribution < -0.4 is 10.6 Å². The summed E-state index contributed by atoms with van der Waals surface area (Å²) in [6, 6.07) is 17.8. The third-order valence-corrected chi connectivity index (χ3v) is 3.97. The Bertz CT molecular complexity index is 892. The maximum Gasteiger partial charge on any atom is 0.246 e. The molecule has 3 rings (SSSR count). The Hall–Kier alpha value is -2.88. The summed E-state index contributed by atoms with van der Waals surface area (Å²) in [6.45, 7) is 3.58. The zero-order valence-electron chi connectivity index (χ0n) is 13.6. The number of anilines is 2. The van der Waals surface area contributed by atoms with Crippen LogP contribution in [-0.4, -0.2) is 11.9 Å². The Morgan fingerprint density at radius 3 is 2.50 bits per heavy atom. The highest BCUT2D eigenvalue weighted by Crippen LogP contribution is 2.20. The third-order valence-electron chi connectivity index (χ3n) is 3.97. The van der Waals surface area contributed by atoms with Crippen LogP contribution in [0.4, 0.5) is 15.8 Å². The van der Waals surface area contributed by atoms with Gasteiger partial charge in [0.2, 0.25) is 5.91 Å². The van der Waals surface area contributed by atoms with Gasteiger partial charge in [0.15, 0.2) is 0 Å². The molecule has 0 bridgehead atoms. The number of hydrogen-bond donors (Lipinski definition) is 2. The van der Waals surface area contributed by atoms with Gasteiger partial charge in [-0.1, -0.05) is 30.3 Å². The van der Waals surface area contributed by atoms with Gasteiger partial charge in [-0.15, -0.1) is 0 Å². The molecule has 1 atom stereocenters. The number of benzene rings is 3. The Balaban J connectivity index is 1.70. The van der Waals surface area contributed by atoms with E-state index in [9.17, 15) is 9.18 Å². The molecule has 1 amide bonds. The molecule has 4 heteroatoms. The summed E-state index contributed by atoms with van der Waals surface area (Å²) in [4.78, 5) is 12.4. The Kier molecular flexibility index (Phi) is 4.47. The van der Waals surface area contributed by atoms with Crippen LogP contribution in [0.2, 0.25) is 0 Å². The molecule has 2 N–H and O–H groups in total. The summed E-state index contributed by atoms with van der Waals surface area (Å²) < 4.78 is 13.2. The largest absolute Gasteiger partial charge is 0.374 e. The fourth-order valence-electron chi connectivity index (χ4n) is 2.61. The van der Waals surface area contributed by atoms with Crippen molar-refractivity contribution in [2.45, 2.75) is 19.9 Å². The first kappa shape index (κ1) is 16.0. The summed E-state index contributed by atoms with van der Waals surface area (Å²) in [7, 11) is 0. The van der Waals surface area contributed by atoms with Crippen LogP contribution >= 0.6 is 0 Å². The van der Waals surface area contributed by atoms with E-state index >= 15 is 0 Å². The van der Waals surface area contributed by atoms with Crippen molar-refractivity contribution >= 4 is 28.1 Å². The molecule has 0 aliphatic rings. The molecule has 0 unspecified atom stereocenters. The summed E-state index contributed by atoms with van der Waals surface area (Å²) >= 11 is 0. The molecule has 122 valence electrons. The molecule has 3 aromatic rings. The minimum Gasteiger partial charge on any atom is -0.374 e. The Labute approximate surface area is 140 Å². The second-order valence-electron chi connectivity index (χ2n) is 5.88. The number of carbonyl (C=O) groups excluding carboxylic acids is 1. The maximum atomic E-state index is 13.2. The first-order valence-electron chi connectivity index (χ1n) is 7.85. The van der Waals surface area contributed by atoms with E-state index in [0.29, 0.717) is 0 Å². The molecule has 3 nitrogen and oxygen atoms in total. The summed E-state index contributed by atoms with van der Waals surface area (Å²) in [5.74, 6) is -0.430. The van der Waals surface area contributed by atoms with Crippen LogP contribution in [0.25, 0.3) is 10.8 Å². The number of amides is 1. The van der Waals surface area contributed by atoms with Gasteiger partial charge in [0.25, 0.3) is 0 Å². The molecule has 0 aliphatic heterocycles. The van der Waals surface area contributed by atoms with Gasteiger partial charge in [-0.25, -0.2) is 4.39 Å². The molecule has 0 radical (unpaired) electrons. The number of aryl methyl sites for hydroxylation is 1. The van der Waals surface area contributed by atoms with E-state index in [1.807, 2.05) is 42.5 Å². The molecule has 0 fully saturated rings. The van der Waals surface area contributed by atoms with Crippen molar-refractivity contribution in [3.05, 3.63) is 72.0 Å². The number of hydrogen-bond acceptors (Lipinski definition) is 2. The monoisotopic (exact) mass is 322 g/mol. The highest BCUT2D eigenvalue weighted by atomic mass is 19.1. The van der Waals surface area contributed by atoms with Crippen molar-refractivity contribution in [1.29, 1.82) is 0 Å². The van der Waals surface area contributed by atoms with Crippen LogP contribution in [0.3, 0.4) is 0 Å². The fourth-order valence-corrected chi connectivity index (χ4v) is 2.61. The summed E-state index contributed by atoms with van der Waals surface area (Å²) in [6.07, 6.45) is 0. The molecule has 0 saturated carbocycles. The van der Waals surface area contributed by atoms with Crippen molar-refractivity contribution in [3.8, 4) is 0 Å². The highest BCUT2D eigenvalue weighted by Gasteiger charge is 2.14. The molecular formula is C20H19FN2O. The average Bonchev–Trinajstić information content (AvgIpc) is 2.57. The zero-order valence-corrected chi connectivity index (χ0v) is 13.6. The second kappa shape index (κ2) is 6.71. The number of halogens is 1. The highest BCUT2D eigenvalue weighted by molar-refractivity contribution is 5.98. The van der Waals surface area contributed by atoms with Gasteiger partial charge in [-0.2, -0.15) is 0 Å². The minimum absolute atomic E-state index is 0.144. The third kappa shape index (κ3) is 3.54. The zero-order chi connectivity index (χ0) is 17.1. The van der Waals surface area contributed by atoms with Gasteiger partial charge in [0, 0.05) is 11.4 Å². The van der Waals surface area contributed by atoms with Crippen LogP contribution in [-0.2, 0) is 4.79 Å². The van der Waals surface area contributed by atoms with Gasteiger partial charge in [-0.3, -0.25) is 4.79 Å². The first-order chi connectivity index (χ1) is 11.5. The lowest BCUT2D eigenvalue weighted by Gasteiger charge is -2.17. The molecule has 0 spiro atoms. The lowest BCUT2D eigenvalue weighted by molar-refractivity contribution is -0.116. The normalized spacial score (nSPS) is 12.0. The Morgan fingerprint density at radius 1 is 1.00 bits per heavy atom. The van der Waals surface area contributed by atoms with Gasteiger partial charge >= 0.3 is 0 Å². The number of rotatable bonds is 4. The quantitative estimate of drug-likeness (QED) is 0.729. The molecule has 3 aromatic carbocycles. The molecular weight excluding hydrogens is 303 g/mol. The summed E-state index contributed by atoms with van der Waals surface area (Å²) in [5, 5.41) is 8.23. The SMILES string of the molecule is Cc1cc(F)ccc1N[C@H](C)C(=O)Nc1ccc2ccccc2c1. The summed E-state index contributed by atoms with van der Waals surface area (Å²) in [5.41, 5.74) is 2.26. The van der Waals surface area contributed by atoms with Gasteiger partial charge < -0.3 is 10.6 Å². The molecule has 0 aromatic heterocycles. The van der Waals surface area contributed by atoms with E-state index < -0.39 is 6.04 Å². The molecule has 0 saturated heterocycles. The predicted octanol–water partition coefficient (Wildman–Crippen LogP) is 4.73. The fraction of sp³-hybridized carbons (Fsp3) is 0.150. The van der Waals surface area contributed by atoms with Crippen LogP contribution in [0.1, 0.15) is 12.5 Å². The standard InChI is InChI=1S/C20H19FN2O/c1-13-11-17(21)8-10-19(13)22-14(2)20(24)23-18-9-7-15-5-3-4-6-16(15)12-18/h3-12,14,22H,1-2H3,(H,23,24)/t14-/m1/s1. The molecule has 0 aliphatic carbocycles. The van der Waals surface area contributed by atoms with Crippen LogP contribution in [0, 0.1) is 12.7 Å². The van der Waals surface area contributed by atoms with Gasteiger partial charge in [0.05, 0.1) is 0 Å². The smallest absolute Gasteiger partial charge is 0.246 e. The number of carbonyl (C=O) groups is 1. The van der Waals surface area contributed by atoms with E-state index in [-0.39, 0.29) is 11.7 Å². The van der Waals surface area contributed by atoms with Crippen LogP contribution in [0.15, 0.2) is 60.7 Å². The van der Waals surface area contributed by atoms with Gasteiger partial charge in [-0.05, 0) is 60.5 Å². The Morgan fingerprint density at radius 2 is 1.75 bits per heavy atom. The lowest BCUT2D eigenvalue weighted by Crippen LogP contribution is -2.32. The first-order valence-corrected chi connectivity index (χ1v) is 7.85. The lowest BCUT2D eigenvalue weighted by atomic mass is 10.1. The van der Waals surface area contributed by atoms with E-state index in [1.54, 1.807) is 19.9 Å². The van der Waals surface area contributed by atoms with Crippen molar-refractivity contribution in [2.75, 3.05) is 10.6 Å². The van der Waals surface area contributed by atoms with Gasteiger partial charge in [0.1, 0.15) is 11.9 Å². The van der Waals surface area contributed by atoms with Crippen LogP contribution in [0.5, 0.6) is 0 Å². The van der Waals surface area contributed by atoms with Crippen molar-refractivity contribution in [2.24, 2.45) is 0 Å². The van der Waals surface area contributed by atoms with Crippen molar-refractivity contribution in [1.82, 2.24) is 0 Å². The van der Waals surface area contributed by atoms with E-state index in [4.69, 9.17) is 0 Å². The topological polar surface area (TPSA) is 41.1 Å². The minimum atomic E-state index is -0.444. The average molecular weight is 322 g/mol. The van der Waals surface area contributed by atoms with Crippen molar-refractivity contribution < 1.29 is 9.18 Å². The number of fused-ring (bicyclic) bond motifs is 1. The van der Waals surface area contributed by atoms with Crippen molar-refractivity contribution in [3.63, 3.8) is 0 Å². The molecule has 24 heavy (non-hydrogen) atoms. The molecule has 0 heterocycles. The van der Waals surface area contributed by atoms with E-state index in [0.717, 1.165) is 27.7 Å².